The van der Waals surface area contributed by atoms with Crippen molar-refractivity contribution in [2.75, 3.05) is 6.67 Å². The lowest BCUT2D eigenvalue weighted by Gasteiger charge is -2.29. The van der Waals surface area contributed by atoms with E-state index in [9.17, 15) is 30.7 Å². The molecule has 13 heavy (non-hydrogen) atoms. The predicted octanol–water partition coefficient (Wildman–Crippen LogP) is 2.63. The van der Waals surface area contributed by atoms with Crippen LogP contribution in [0.1, 0.15) is 0 Å². The molecule has 0 spiro atoms. The lowest BCUT2D eigenvalue weighted by atomic mass is 10.2. The fourth-order valence-corrected chi connectivity index (χ4v) is 0.387. The van der Waals surface area contributed by atoms with Gasteiger partial charge in [-0.1, -0.05) is 0 Å². The number of hydrogen-bond donors (Lipinski definition) is 0. The molecule has 0 fully saturated rings. The maximum absolute atomic E-state index is 12.1. The van der Waals surface area contributed by atoms with E-state index in [-0.39, 0.29) is 0 Å². The third-order valence-corrected chi connectivity index (χ3v) is 1.17. The molecule has 0 aromatic heterocycles. The molecule has 0 amide bonds. The van der Waals surface area contributed by atoms with Gasteiger partial charge in [0.2, 0.25) is 0 Å². The van der Waals surface area contributed by atoms with Crippen molar-refractivity contribution in [3.05, 3.63) is 7.11 Å². The number of alkyl halides is 7. The molecule has 0 N–H and O–H groups in total. The van der Waals surface area contributed by atoms with Gasteiger partial charge in [-0.15, -0.1) is 0 Å². The van der Waals surface area contributed by atoms with E-state index < -0.39 is 24.6 Å². The van der Waals surface area contributed by atoms with Gasteiger partial charge in [0, 0.05) is 0 Å². The Kier molecular flexibility index (Phi) is 3.18. The highest BCUT2D eigenvalue weighted by Gasteiger charge is 2.72. The minimum Gasteiger partial charge on any atom is -0.313 e. The lowest BCUT2D eigenvalue weighted by Crippen LogP contribution is -2.55. The molecular weight excluding hydrogens is 209 g/mol. The average Bonchev–Trinajstić information content (AvgIpc) is 2.03. The fraction of sp³-hybridized carbons (Fsp3) is 0.800. The molecule has 0 heterocycles. The first kappa shape index (κ1) is 12.5. The van der Waals surface area contributed by atoms with E-state index in [4.69, 9.17) is 0 Å². The molecule has 79 valence electrons. The first-order valence-electron chi connectivity index (χ1n) is 2.75. The Labute approximate surface area is 68.5 Å². The van der Waals surface area contributed by atoms with Crippen molar-refractivity contribution in [2.45, 2.75) is 18.0 Å². The first-order chi connectivity index (χ1) is 5.62. The van der Waals surface area contributed by atoms with Crippen LogP contribution in [0.5, 0.6) is 0 Å². The van der Waals surface area contributed by atoms with Crippen LogP contribution in [0.4, 0.5) is 30.7 Å². The van der Waals surface area contributed by atoms with Gasteiger partial charge < -0.3 is 4.74 Å². The molecule has 0 saturated heterocycles. The molecule has 1 radical (unpaired) electrons. The quantitative estimate of drug-likeness (QED) is 0.652. The van der Waals surface area contributed by atoms with Gasteiger partial charge in [0.05, 0.1) is 7.11 Å². The summed E-state index contributed by atoms with van der Waals surface area (Å²) in [5.74, 6) is -11.4. The van der Waals surface area contributed by atoms with E-state index in [0.29, 0.717) is 0 Å². The minimum absolute atomic E-state index is 1.89. The molecule has 0 aromatic rings. The monoisotopic (exact) mass is 213 g/mol. The summed E-state index contributed by atoms with van der Waals surface area (Å²) >= 11 is 0. The molecule has 0 rings (SSSR count). The largest absolute Gasteiger partial charge is 0.425 e. The zero-order valence-electron chi connectivity index (χ0n) is 5.97. The zero-order chi connectivity index (χ0) is 10.9. The van der Waals surface area contributed by atoms with Gasteiger partial charge in [-0.3, -0.25) is 0 Å². The van der Waals surface area contributed by atoms with Crippen molar-refractivity contribution in [1.29, 1.82) is 0 Å². The Morgan fingerprint density at radius 1 is 1.00 bits per heavy atom. The van der Waals surface area contributed by atoms with Gasteiger partial charge in [0.1, 0.15) is 0 Å². The van der Waals surface area contributed by atoms with Crippen molar-refractivity contribution >= 4 is 0 Å². The van der Waals surface area contributed by atoms with Crippen LogP contribution in [0, 0.1) is 7.11 Å². The van der Waals surface area contributed by atoms with E-state index in [1.165, 1.54) is 0 Å². The molecule has 8 heteroatoms. The molecule has 1 nitrogen and oxygen atoms in total. The normalized spacial score (nSPS) is 14.8. The third kappa shape index (κ3) is 1.87. The van der Waals surface area contributed by atoms with Crippen LogP contribution in [0.3, 0.4) is 0 Å². The molecule has 0 bridgehead atoms. The number of rotatable bonds is 4. The molecule has 0 saturated carbocycles. The summed E-state index contributed by atoms with van der Waals surface area (Å²) in [7, 11) is 1.89. The SMILES string of the molecule is [CH2]OC(F)(F)C(F)(F)C(F)(F)CF. The van der Waals surface area contributed by atoms with E-state index >= 15 is 0 Å². The summed E-state index contributed by atoms with van der Waals surface area (Å²) in [6, 6.07) is 0. The molecule has 0 aliphatic rings. The van der Waals surface area contributed by atoms with Crippen LogP contribution in [0.2, 0.25) is 0 Å². The van der Waals surface area contributed by atoms with Crippen LogP contribution in [0.25, 0.3) is 0 Å². The van der Waals surface area contributed by atoms with Crippen molar-refractivity contribution < 1.29 is 35.5 Å². The highest BCUT2D eigenvalue weighted by molar-refractivity contribution is 4.91. The zero-order valence-corrected chi connectivity index (χ0v) is 5.97. The van der Waals surface area contributed by atoms with Crippen molar-refractivity contribution in [2.24, 2.45) is 0 Å². The lowest BCUT2D eigenvalue weighted by molar-refractivity contribution is -0.387. The van der Waals surface area contributed by atoms with E-state index in [1.54, 1.807) is 0 Å². The minimum atomic E-state index is -5.93. The highest BCUT2D eigenvalue weighted by atomic mass is 19.4. The van der Waals surface area contributed by atoms with Gasteiger partial charge in [-0.25, -0.2) is 4.39 Å². The van der Waals surface area contributed by atoms with Crippen molar-refractivity contribution in [3.63, 3.8) is 0 Å². The van der Waals surface area contributed by atoms with Crippen LogP contribution < -0.4 is 0 Å². The Balaban J connectivity index is 4.95. The molecule has 0 aliphatic carbocycles. The maximum atomic E-state index is 12.1. The molecule has 0 unspecified atom stereocenters. The number of halogens is 7. The summed E-state index contributed by atoms with van der Waals surface area (Å²) in [5, 5.41) is 0. The second-order valence-corrected chi connectivity index (χ2v) is 2.07. The van der Waals surface area contributed by atoms with Crippen molar-refractivity contribution in [1.82, 2.24) is 0 Å². The standard InChI is InChI=1S/C5H4F7O/c1-13-5(11,12)4(9,10)3(7,8)2-6/h1-2H2. The topological polar surface area (TPSA) is 9.23 Å². The van der Waals surface area contributed by atoms with E-state index in [0.717, 1.165) is 0 Å². The first-order valence-corrected chi connectivity index (χ1v) is 2.75. The van der Waals surface area contributed by atoms with Gasteiger partial charge in [-0.2, -0.15) is 26.3 Å². The Bertz CT molecular complexity index is 160. The molecule has 0 aromatic carbocycles. The Hall–Kier alpha value is -0.530. The van der Waals surface area contributed by atoms with E-state index in [2.05, 4.69) is 4.74 Å². The highest BCUT2D eigenvalue weighted by Crippen LogP contribution is 2.46. The van der Waals surface area contributed by atoms with Crippen LogP contribution in [-0.2, 0) is 4.74 Å². The van der Waals surface area contributed by atoms with Gasteiger partial charge >= 0.3 is 18.0 Å². The van der Waals surface area contributed by atoms with Crippen LogP contribution in [-0.4, -0.2) is 24.6 Å². The molecular formula is C5H4F7O. The smallest absolute Gasteiger partial charge is 0.313 e. The Morgan fingerprint density at radius 2 is 1.38 bits per heavy atom. The molecule has 0 atom stereocenters. The predicted molar refractivity (Wildman–Crippen MR) is 27.3 cm³/mol. The summed E-state index contributed by atoms with van der Waals surface area (Å²) in [4.78, 5) is 0. The maximum Gasteiger partial charge on any atom is 0.425 e. The second kappa shape index (κ2) is 3.32. The summed E-state index contributed by atoms with van der Waals surface area (Å²) in [6.07, 6.45) is -5.51. The number of ether oxygens (including phenoxy) is 1. The second-order valence-electron chi connectivity index (χ2n) is 2.07. The summed E-state index contributed by atoms with van der Waals surface area (Å²) in [6.45, 7) is -2.92. The average molecular weight is 213 g/mol. The van der Waals surface area contributed by atoms with Crippen LogP contribution in [0.15, 0.2) is 0 Å². The molecule has 0 aliphatic heterocycles. The third-order valence-electron chi connectivity index (χ3n) is 1.17. The van der Waals surface area contributed by atoms with Gasteiger partial charge in [0.15, 0.2) is 6.67 Å². The Morgan fingerprint density at radius 3 is 1.62 bits per heavy atom. The number of hydrogen-bond acceptors (Lipinski definition) is 1. The van der Waals surface area contributed by atoms with Gasteiger partial charge in [0.25, 0.3) is 0 Å². The van der Waals surface area contributed by atoms with Crippen LogP contribution >= 0.6 is 0 Å². The summed E-state index contributed by atoms with van der Waals surface area (Å²) in [5.41, 5.74) is 0. The van der Waals surface area contributed by atoms with Crippen molar-refractivity contribution in [3.8, 4) is 0 Å². The van der Waals surface area contributed by atoms with Gasteiger partial charge in [-0.05, 0) is 0 Å². The van der Waals surface area contributed by atoms with E-state index in [1.807, 2.05) is 7.11 Å². The summed E-state index contributed by atoms with van der Waals surface area (Å²) < 4.78 is 85.7. The fourth-order valence-electron chi connectivity index (χ4n) is 0.387.